The minimum Gasteiger partial charge on any atom is -0.459 e. The van der Waals surface area contributed by atoms with Gasteiger partial charge in [0.2, 0.25) is 0 Å². The van der Waals surface area contributed by atoms with Crippen molar-refractivity contribution in [1.82, 2.24) is 0 Å². The maximum Gasteiger partial charge on any atom is 0.316 e. The molecule has 0 aromatic heterocycles. The zero-order chi connectivity index (χ0) is 13.9. The quantitative estimate of drug-likeness (QED) is 0.773. The van der Waals surface area contributed by atoms with E-state index in [1.165, 1.54) is 17.3 Å². The molecule has 0 unspecified atom stereocenters. The molecule has 0 amide bonds. The van der Waals surface area contributed by atoms with Gasteiger partial charge in [-0.05, 0) is 32.4 Å². The Balaban J connectivity index is 1.92. The molecule has 3 nitrogen and oxygen atoms in total. The van der Waals surface area contributed by atoms with Crippen molar-refractivity contribution in [2.24, 2.45) is 4.99 Å². The number of aliphatic imine (C=N–C) groups is 1. The number of hydrogen-bond acceptors (Lipinski definition) is 5. The van der Waals surface area contributed by atoms with Crippen LogP contribution in [0.4, 0.5) is 5.69 Å². The predicted molar refractivity (Wildman–Crippen MR) is 83.1 cm³/mol. The summed E-state index contributed by atoms with van der Waals surface area (Å²) in [7, 11) is 0. The van der Waals surface area contributed by atoms with Crippen molar-refractivity contribution in [3.05, 3.63) is 29.8 Å². The second-order valence-electron chi connectivity index (χ2n) is 5.17. The van der Waals surface area contributed by atoms with Crippen LogP contribution in [0.5, 0.6) is 0 Å². The molecule has 0 saturated carbocycles. The summed E-state index contributed by atoms with van der Waals surface area (Å²) < 4.78 is 6.21. The molecule has 0 radical (unpaired) electrons. The Hall–Kier alpha value is -0.940. The van der Waals surface area contributed by atoms with Crippen molar-refractivity contribution in [3.63, 3.8) is 0 Å². The van der Waals surface area contributed by atoms with Gasteiger partial charge in [0.15, 0.2) is 0 Å². The Kier molecular flexibility index (Phi) is 4.58. The molecule has 0 N–H and O–H groups in total. The average molecular weight is 295 g/mol. The first-order chi connectivity index (χ1) is 8.94. The fraction of sp³-hybridized carbons (Fsp3) is 0.429. The van der Waals surface area contributed by atoms with Crippen LogP contribution in [-0.4, -0.2) is 21.7 Å². The van der Waals surface area contributed by atoms with Crippen LogP contribution in [0.25, 0.3) is 0 Å². The topological polar surface area (TPSA) is 38.7 Å². The van der Waals surface area contributed by atoms with Gasteiger partial charge < -0.3 is 4.74 Å². The van der Waals surface area contributed by atoms with Gasteiger partial charge in [-0.15, -0.1) is 0 Å². The van der Waals surface area contributed by atoms with Crippen LogP contribution < -0.4 is 0 Å². The molecule has 0 fully saturated rings. The summed E-state index contributed by atoms with van der Waals surface area (Å²) in [6, 6.07) is 8.09. The largest absolute Gasteiger partial charge is 0.459 e. The van der Waals surface area contributed by atoms with Crippen molar-refractivity contribution in [2.75, 3.05) is 5.75 Å². The van der Waals surface area contributed by atoms with E-state index in [4.69, 9.17) is 4.74 Å². The van der Waals surface area contributed by atoms with Crippen LogP contribution in [0, 0.1) is 0 Å². The zero-order valence-electron chi connectivity index (χ0n) is 11.3. The fourth-order valence-electron chi connectivity index (χ4n) is 1.58. The summed E-state index contributed by atoms with van der Waals surface area (Å²) in [5.74, 6) is 1.03. The highest BCUT2D eigenvalue weighted by atomic mass is 32.2. The van der Waals surface area contributed by atoms with Gasteiger partial charge in [-0.2, -0.15) is 0 Å². The first-order valence-corrected chi connectivity index (χ1v) is 8.05. The Morgan fingerprint density at radius 2 is 2.16 bits per heavy atom. The van der Waals surface area contributed by atoms with E-state index in [1.54, 1.807) is 11.8 Å². The predicted octanol–water partition coefficient (Wildman–Crippen LogP) is 4.00. The monoisotopic (exact) mass is 295 g/mol. The lowest BCUT2D eigenvalue weighted by atomic mass is 10.2. The molecule has 1 heterocycles. The van der Waals surface area contributed by atoms with E-state index < -0.39 is 5.60 Å². The standard InChI is InChI=1S/C14H17NO2S2/c1-14(2,3)17-12(16)9-19-13-15-11-7-5-4-6-10(11)8-18-13/h4-7H,8-9H2,1-3H3. The maximum atomic E-state index is 11.6. The number of thioether (sulfide) groups is 2. The Bertz CT molecular complexity index is 506. The molecule has 1 aliphatic heterocycles. The third-order valence-corrected chi connectivity index (χ3v) is 4.51. The summed E-state index contributed by atoms with van der Waals surface area (Å²) in [4.78, 5) is 16.2. The molecule has 5 heteroatoms. The van der Waals surface area contributed by atoms with Crippen LogP contribution >= 0.6 is 23.5 Å². The van der Waals surface area contributed by atoms with Gasteiger partial charge >= 0.3 is 5.97 Å². The van der Waals surface area contributed by atoms with Crippen LogP contribution in [-0.2, 0) is 15.3 Å². The highest BCUT2D eigenvalue weighted by Gasteiger charge is 2.18. The van der Waals surface area contributed by atoms with E-state index in [0.717, 1.165) is 15.8 Å². The minimum atomic E-state index is -0.425. The van der Waals surface area contributed by atoms with Crippen LogP contribution in [0.3, 0.4) is 0 Å². The Morgan fingerprint density at radius 1 is 1.42 bits per heavy atom. The summed E-state index contributed by atoms with van der Waals surface area (Å²) in [6.45, 7) is 5.62. The van der Waals surface area contributed by atoms with E-state index in [0.29, 0.717) is 5.75 Å². The molecular formula is C14H17NO2S2. The lowest BCUT2D eigenvalue weighted by Crippen LogP contribution is -2.25. The number of para-hydroxylation sites is 1. The highest BCUT2D eigenvalue weighted by molar-refractivity contribution is 8.38. The summed E-state index contributed by atoms with van der Waals surface area (Å²) in [6.07, 6.45) is 0. The van der Waals surface area contributed by atoms with Gasteiger partial charge in [0.05, 0.1) is 11.4 Å². The number of carbonyl (C=O) groups excluding carboxylic acids is 1. The van der Waals surface area contributed by atoms with Crippen molar-refractivity contribution in [1.29, 1.82) is 0 Å². The lowest BCUT2D eigenvalue weighted by molar-refractivity contribution is -0.151. The van der Waals surface area contributed by atoms with Gasteiger partial charge in [0, 0.05) is 5.75 Å². The van der Waals surface area contributed by atoms with E-state index >= 15 is 0 Å². The van der Waals surface area contributed by atoms with Crippen LogP contribution in [0.2, 0.25) is 0 Å². The number of carbonyl (C=O) groups is 1. The smallest absolute Gasteiger partial charge is 0.316 e. The van der Waals surface area contributed by atoms with Crippen molar-refractivity contribution in [3.8, 4) is 0 Å². The van der Waals surface area contributed by atoms with E-state index in [9.17, 15) is 4.79 Å². The normalized spacial score (nSPS) is 14.6. The fourth-order valence-corrected chi connectivity index (χ4v) is 3.41. The molecule has 0 bridgehead atoms. The number of rotatable bonds is 2. The number of hydrogen-bond donors (Lipinski definition) is 0. The van der Waals surface area contributed by atoms with Gasteiger partial charge in [-0.3, -0.25) is 4.79 Å². The van der Waals surface area contributed by atoms with E-state index in [2.05, 4.69) is 11.1 Å². The SMILES string of the molecule is CC(C)(C)OC(=O)CSC1=Nc2ccccc2CS1. The van der Waals surface area contributed by atoms with Gasteiger partial charge in [-0.25, -0.2) is 4.99 Å². The van der Waals surface area contributed by atoms with Crippen molar-refractivity contribution < 1.29 is 9.53 Å². The molecule has 0 spiro atoms. The number of ether oxygens (including phenoxy) is 1. The third kappa shape index (κ3) is 4.58. The number of esters is 1. The maximum absolute atomic E-state index is 11.6. The van der Waals surface area contributed by atoms with Gasteiger partial charge in [-0.1, -0.05) is 41.7 Å². The van der Waals surface area contributed by atoms with Crippen molar-refractivity contribution >= 4 is 39.6 Å². The second kappa shape index (κ2) is 6.01. The first-order valence-electron chi connectivity index (χ1n) is 6.08. The van der Waals surface area contributed by atoms with Crippen molar-refractivity contribution in [2.45, 2.75) is 32.1 Å². The number of fused-ring (bicyclic) bond motifs is 1. The third-order valence-electron chi connectivity index (χ3n) is 2.29. The van der Waals surface area contributed by atoms with E-state index in [1.807, 2.05) is 39.0 Å². The highest BCUT2D eigenvalue weighted by Crippen LogP contribution is 2.34. The second-order valence-corrected chi connectivity index (χ2v) is 7.36. The Labute approximate surface area is 122 Å². The van der Waals surface area contributed by atoms with Crippen LogP contribution in [0.15, 0.2) is 29.3 Å². The molecular weight excluding hydrogens is 278 g/mol. The Morgan fingerprint density at radius 3 is 2.89 bits per heavy atom. The summed E-state index contributed by atoms with van der Waals surface area (Å²) >= 11 is 3.12. The molecule has 1 aromatic carbocycles. The molecule has 0 aliphatic carbocycles. The summed E-state index contributed by atoms with van der Waals surface area (Å²) in [5.41, 5.74) is 1.83. The molecule has 19 heavy (non-hydrogen) atoms. The number of benzene rings is 1. The van der Waals surface area contributed by atoms with Gasteiger partial charge in [0.1, 0.15) is 9.98 Å². The molecule has 1 aliphatic rings. The van der Waals surface area contributed by atoms with Gasteiger partial charge in [0.25, 0.3) is 0 Å². The molecule has 2 rings (SSSR count). The van der Waals surface area contributed by atoms with E-state index in [-0.39, 0.29) is 5.97 Å². The zero-order valence-corrected chi connectivity index (χ0v) is 12.9. The van der Waals surface area contributed by atoms with Crippen LogP contribution in [0.1, 0.15) is 26.3 Å². The molecule has 102 valence electrons. The minimum absolute atomic E-state index is 0.195. The first kappa shape index (κ1) is 14.5. The molecule has 0 saturated heterocycles. The molecule has 1 aromatic rings. The summed E-state index contributed by atoms with van der Waals surface area (Å²) in [5, 5.41) is 0. The number of nitrogens with zero attached hydrogens (tertiary/aromatic N) is 1. The average Bonchev–Trinajstić information content (AvgIpc) is 2.34. The lowest BCUT2D eigenvalue weighted by Gasteiger charge is -2.19. The molecule has 0 atom stereocenters.